The Morgan fingerprint density at radius 1 is 1.35 bits per heavy atom. The Labute approximate surface area is 108 Å². The fourth-order valence-electron chi connectivity index (χ4n) is 1.40. The van der Waals surface area contributed by atoms with Gasteiger partial charge in [-0.15, -0.1) is 11.8 Å². The van der Waals surface area contributed by atoms with Crippen molar-refractivity contribution in [2.75, 3.05) is 11.2 Å². The lowest BCUT2D eigenvalue weighted by atomic mass is 10.3. The van der Waals surface area contributed by atoms with Gasteiger partial charge in [0.05, 0.1) is 0 Å². The number of hydrogen-bond acceptors (Lipinski definition) is 5. The van der Waals surface area contributed by atoms with E-state index in [4.69, 9.17) is 5.84 Å². The summed E-state index contributed by atoms with van der Waals surface area (Å²) >= 11 is 1.78. The van der Waals surface area contributed by atoms with Crippen LogP contribution in [0.15, 0.2) is 5.03 Å². The average molecular weight is 254 g/mol. The van der Waals surface area contributed by atoms with Crippen LogP contribution in [0, 0.1) is 12.8 Å². The predicted molar refractivity (Wildman–Crippen MR) is 74.1 cm³/mol. The van der Waals surface area contributed by atoms with Gasteiger partial charge in [0.2, 0.25) is 0 Å². The topological polar surface area (TPSA) is 63.8 Å². The van der Waals surface area contributed by atoms with Crippen LogP contribution in [0.3, 0.4) is 0 Å². The number of nitrogens with zero attached hydrogens (tertiary/aromatic N) is 2. The van der Waals surface area contributed by atoms with Gasteiger partial charge in [-0.05, 0) is 19.3 Å². The van der Waals surface area contributed by atoms with E-state index in [1.54, 1.807) is 11.8 Å². The minimum absolute atomic E-state index is 0.651. The lowest BCUT2D eigenvalue weighted by molar-refractivity contribution is 0.747. The fourth-order valence-corrected chi connectivity index (χ4v) is 2.38. The highest BCUT2D eigenvalue weighted by atomic mass is 32.2. The summed E-state index contributed by atoms with van der Waals surface area (Å²) in [5, 5.41) is 1.05. The normalized spacial score (nSPS) is 10.9. The number of nitrogens with two attached hydrogens (primary N) is 1. The van der Waals surface area contributed by atoms with E-state index in [0.717, 1.165) is 40.8 Å². The SMILES string of the molecule is CCCc1nc(NN)c(C)c(SCC(C)C)n1. The Bertz CT molecular complexity index is 366. The van der Waals surface area contributed by atoms with Gasteiger partial charge in [0, 0.05) is 17.7 Å². The van der Waals surface area contributed by atoms with Crippen molar-refractivity contribution >= 4 is 17.6 Å². The average Bonchev–Trinajstić information content (AvgIpc) is 2.29. The predicted octanol–water partition coefficient (Wildman–Crippen LogP) is 2.77. The summed E-state index contributed by atoms with van der Waals surface area (Å²) in [7, 11) is 0. The number of aromatic nitrogens is 2. The number of anilines is 1. The summed E-state index contributed by atoms with van der Waals surface area (Å²) < 4.78 is 0. The highest BCUT2D eigenvalue weighted by Gasteiger charge is 2.10. The molecule has 0 aromatic carbocycles. The van der Waals surface area contributed by atoms with Crippen LogP contribution in [0.25, 0.3) is 0 Å². The fraction of sp³-hybridized carbons (Fsp3) is 0.667. The first kappa shape index (κ1) is 14.3. The molecule has 0 aliphatic rings. The molecule has 0 radical (unpaired) electrons. The molecule has 1 rings (SSSR count). The number of hydrogen-bond donors (Lipinski definition) is 2. The lowest BCUT2D eigenvalue weighted by Gasteiger charge is -2.12. The van der Waals surface area contributed by atoms with Crippen molar-refractivity contribution in [3.63, 3.8) is 0 Å². The summed E-state index contributed by atoms with van der Waals surface area (Å²) in [4.78, 5) is 9.01. The Hall–Kier alpha value is -0.810. The summed E-state index contributed by atoms with van der Waals surface area (Å²) in [5.74, 6) is 8.82. The molecule has 4 nitrogen and oxygen atoms in total. The number of rotatable bonds is 6. The van der Waals surface area contributed by atoms with E-state index in [9.17, 15) is 0 Å². The Kier molecular flexibility index (Phi) is 5.71. The monoisotopic (exact) mass is 254 g/mol. The molecule has 0 saturated heterocycles. The summed E-state index contributed by atoms with van der Waals surface area (Å²) in [6, 6.07) is 0. The molecule has 0 atom stereocenters. The number of hydrazine groups is 1. The minimum Gasteiger partial charge on any atom is -0.308 e. The molecule has 1 aromatic heterocycles. The molecule has 96 valence electrons. The molecule has 3 N–H and O–H groups in total. The van der Waals surface area contributed by atoms with E-state index < -0.39 is 0 Å². The first-order valence-corrected chi connectivity index (χ1v) is 7.04. The zero-order valence-electron chi connectivity index (χ0n) is 11.1. The summed E-state index contributed by atoms with van der Waals surface area (Å²) in [6.45, 7) is 8.55. The quantitative estimate of drug-likeness (QED) is 0.354. The summed E-state index contributed by atoms with van der Waals surface area (Å²) in [6.07, 6.45) is 1.94. The van der Waals surface area contributed by atoms with E-state index >= 15 is 0 Å². The molecule has 1 aromatic rings. The minimum atomic E-state index is 0.651. The van der Waals surface area contributed by atoms with E-state index in [1.807, 2.05) is 6.92 Å². The van der Waals surface area contributed by atoms with Crippen molar-refractivity contribution < 1.29 is 0 Å². The van der Waals surface area contributed by atoms with E-state index in [-0.39, 0.29) is 0 Å². The Morgan fingerprint density at radius 2 is 2.06 bits per heavy atom. The van der Waals surface area contributed by atoms with Gasteiger partial charge in [0.1, 0.15) is 16.7 Å². The molecular weight excluding hydrogens is 232 g/mol. The van der Waals surface area contributed by atoms with Gasteiger partial charge in [0.15, 0.2) is 0 Å². The number of thioether (sulfide) groups is 1. The van der Waals surface area contributed by atoms with Gasteiger partial charge in [-0.3, -0.25) is 0 Å². The van der Waals surface area contributed by atoms with Crippen molar-refractivity contribution in [2.24, 2.45) is 11.8 Å². The van der Waals surface area contributed by atoms with Gasteiger partial charge in [-0.25, -0.2) is 15.8 Å². The third-order valence-electron chi connectivity index (χ3n) is 2.31. The van der Waals surface area contributed by atoms with Crippen LogP contribution in [-0.2, 0) is 6.42 Å². The Balaban J connectivity index is 2.96. The van der Waals surface area contributed by atoms with Crippen molar-refractivity contribution in [2.45, 2.75) is 45.6 Å². The van der Waals surface area contributed by atoms with Crippen LogP contribution in [0.2, 0.25) is 0 Å². The first-order valence-electron chi connectivity index (χ1n) is 6.05. The van der Waals surface area contributed by atoms with Crippen molar-refractivity contribution in [1.29, 1.82) is 0 Å². The molecule has 0 spiro atoms. The number of nitrogens with one attached hydrogen (secondary N) is 1. The molecule has 0 saturated carbocycles. The smallest absolute Gasteiger partial charge is 0.147 e. The third-order valence-corrected chi connectivity index (χ3v) is 3.82. The first-order chi connectivity index (χ1) is 8.08. The number of aryl methyl sites for hydroxylation is 1. The van der Waals surface area contributed by atoms with Crippen molar-refractivity contribution in [3.8, 4) is 0 Å². The summed E-state index contributed by atoms with van der Waals surface area (Å²) in [5.41, 5.74) is 3.70. The maximum atomic E-state index is 5.49. The van der Waals surface area contributed by atoms with Crippen LogP contribution in [-0.4, -0.2) is 15.7 Å². The second kappa shape index (κ2) is 6.81. The molecule has 0 aliphatic heterocycles. The zero-order valence-corrected chi connectivity index (χ0v) is 11.9. The van der Waals surface area contributed by atoms with Gasteiger partial charge in [-0.2, -0.15) is 0 Å². The molecular formula is C12H22N4S. The lowest BCUT2D eigenvalue weighted by Crippen LogP contribution is -2.13. The highest BCUT2D eigenvalue weighted by Crippen LogP contribution is 2.26. The molecule has 0 aliphatic carbocycles. The maximum absolute atomic E-state index is 5.49. The van der Waals surface area contributed by atoms with Crippen LogP contribution >= 0.6 is 11.8 Å². The van der Waals surface area contributed by atoms with Crippen LogP contribution in [0.5, 0.6) is 0 Å². The molecule has 0 unspecified atom stereocenters. The second-order valence-electron chi connectivity index (χ2n) is 4.52. The number of nitrogen functional groups attached to an aromatic ring is 1. The van der Waals surface area contributed by atoms with Crippen LogP contribution < -0.4 is 11.3 Å². The molecule has 1 heterocycles. The van der Waals surface area contributed by atoms with Crippen molar-refractivity contribution in [1.82, 2.24) is 9.97 Å². The van der Waals surface area contributed by atoms with Gasteiger partial charge in [0.25, 0.3) is 0 Å². The zero-order chi connectivity index (χ0) is 12.8. The molecule has 0 amide bonds. The molecule has 17 heavy (non-hydrogen) atoms. The second-order valence-corrected chi connectivity index (χ2v) is 5.53. The Morgan fingerprint density at radius 3 is 2.59 bits per heavy atom. The molecule has 5 heteroatoms. The van der Waals surface area contributed by atoms with E-state index in [0.29, 0.717) is 5.92 Å². The molecule has 0 bridgehead atoms. The van der Waals surface area contributed by atoms with Crippen LogP contribution in [0.4, 0.5) is 5.82 Å². The largest absolute Gasteiger partial charge is 0.308 e. The maximum Gasteiger partial charge on any atom is 0.147 e. The van der Waals surface area contributed by atoms with Crippen molar-refractivity contribution in [3.05, 3.63) is 11.4 Å². The third kappa shape index (κ3) is 4.16. The standard InChI is InChI=1S/C12H22N4S/c1-5-6-10-14-11(16-13)9(4)12(15-10)17-7-8(2)3/h8H,5-7,13H2,1-4H3,(H,14,15,16). The van der Waals surface area contributed by atoms with Gasteiger partial charge in [-0.1, -0.05) is 20.8 Å². The van der Waals surface area contributed by atoms with E-state index in [2.05, 4.69) is 36.2 Å². The van der Waals surface area contributed by atoms with E-state index in [1.165, 1.54) is 0 Å². The highest BCUT2D eigenvalue weighted by molar-refractivity contribution is 7.99. The van der Waals surface area contributed by atoms with Gasteiger partial charge >= 0.3 is 0 Å². The molecule has 0 fully saturated rings. The van der Waals surface area contributed by atoms with Gasteiger partial charge < -0.3 is 5.43 Å². The van der Waals surface area contributed by atoms with Crippen LogP contribution in [0.1, 0.15) is 38.6 Å².